The molecule has 2 aliphatic rings. The lowest BCUT2D eigenvalue weighted by Gasteiger charge is -2.23. The minimum Gasteiger partial charge on any atom is -0.486 e. The summed E-state index contributed by atoms with van der Waals surface area (Å²) in [6, 6.07) is 7.79. The van der Waals surface area contributed by atoms with E-state index in [0.717, 1.165) is 44.0 Å². The first kappa shape index (κ1) is 13.8. The third-order valence-electron chi connectivity index (χ3n) is 4.47. The molecule has 0 radical (unpaired) electrons. The lowest BCUT2D eigenvalue weighted by Crippen LogP contribution is -2.33. The molecule has 116 valence electrons. The van der Waals surface area contributed by atoms with Crippen molar-refractivity contribution in [1.29, 1.82) is 0 Å². The van der Waals surface area contributed by atoms with E-state index in [1.807, 2.05) is 24.3 Å². The van der Waals surface area contributed by atoms with Crippen LogP contribution < -0.4 is 4.74 Å². The average molecular weight is 300 g/mol. The number of hydrogen-bond donors (Lipinski definition) is 0. The Hall–Kier alpha value is -1.85. The summed E-state index contributed by atoms with van der Waals surface area (Å²) in [7, 11) is 0. The highest BCUT2D eigenvalue weighted by molar-refractivity contribution is 5.16. The van der Waals surface area contributed by atoms with Gasteiger partial charge in [-0.1, -0.05) is 0 Å². The second kappa shape index (κ2) is 5.74. The summed E-state index contributed by atoms with van der Waals surface area (Å²) in [4.78, 5) is 6.48. The highest BCUT2D eigenvalue weighted by Crippen LogP contribution is 2.37. The van der Waals surface area contributed by atoms with E-state index in [0.29, 0.717) is 6.61 Å². The molecule has 2 fully saturated rings. The van der Waals surface area contributed by atoms with Gasteiger partial charge in [0.05, 0.1) is 31.2 Å². The van der Waals surface area contributed by atoms with Crippen molar-refractivity contribution >= 4 is 0 Å². The van der Waals surface area contributed by atoms with Crippen molar-refractivity contribution in [2.75, 3.05) is 19.7 Å². The molecule has 0 unspecified atom stereocenters. The van der Waals surface area contributed by atoms with Crippen molar-refractivity contribution in [2.24, 2.45) is 0 Å². The van der Waals surface area contributed by atoms with Gasteiger partial charge in [0, 0.05) is 25.7 Å². The lowest BCUT2D eigenvalue weighted by molar-refractivity contribution is 0.00894. The van der Waals surface area contributed by atoms with Crippen LogP contribution in [0.4, 0.5) is 0 Å². The van der Waals surface area contributed by atoms with E-state index in [9.17, 15) is 0 Å². The molecule has 2 aromatic heterocycles. The summed E-state index contributed by atoms with van der Waals surface area (Å²) in [5, 5.41) is 0. The quantitative estimate of drug-likeness (QED) is 0.868. The fraction of sp³-hybridized carbons (Fsp3) is 0.471. The van der Waals surface area contributed by atoms with Gasteiger partial charge in [-0.15, -0.1) is 0 Å². The second-order valence-corrected chi connectivity index (χ2v) is 6.17. The minimum absolute atomic E-state index is 0.0561. The van der Waals surface area contributed by atoms with Gasteiger partial charge in [0.2, 0.25) is 0 Å². The molecule has 0 saturated carbocycles. The average Bonchev–Trinajstić information content (AvgIpc) is 3.25. The Kier molecular flexibility index (Phi) is 3.60. The molecule has 0 aliphatic carbocycles. The molecule has 5 nitrogen and oxygen atoms in total. The fourth-order valence-corrected chi connectivity index (χ4v) is 3.46. The maximum Gasteiger partial charge on any atom is 0.138 e. The van der Waals surface area contributed by atoms with Crippen LogP contribution in [0.25, 0.3) is 0 Å². The predicted octanol–water partition coefficient (Wildman–Crippen LogP) is 2.49. The fourth-order valence-electron chi connectivity index (χ4n) is 3.46. The van der Waals surface area contributed by atoms with Crippen molar-refractivity contribution in [3.63, 3.8) is 0 Å². The van der Waals surface area contributed by atoms with Gasteiger partial charge in [-0.25, -0.2) is 0 Å². The maximum absolute atomic E-state index is 6.12. The lowest BCUT2D eigenvalue weighted by atomic mass is 9.98. The highest BCUT2D eigenvalue weighted by Gasteiger charge is 2.46. The van der Waals surface area contributed by atoms with Gasteiger partial charge in [-0.3, -0.25) is 9.88 Å². The van der Waals surface area contributed by atoms with E-state index in [1.54, 1.807) is 18.7 Å². The van der Waals surface area contributed by atoms with Crippen LogP contribution in [0.15, 0.2) is 47.3 Å². The number of rotatable bonds is 4. The molecule has 0 N–H and O–H groups in total. The largest absolute Gasteiger partial charge is 0.486 e. The Morgan fingerprint density at radius 1 is 1.36 bits per heavy atom. The van der Waals surface area contributed by atoms with Crippen LogP contribution in [0.3, 0.4) is 0 Å². The zero-order valence-corrected chi connectivity index (χ0v) is 12.5. The van der Waals surface area contributed by atoms with Gasteiger partial charge < -0.3 is 13.9 Å². The van der Waals surface area contributed by atoms with E-state index in [-0.39, 0.29) is 11.7 Å². The third-order valence-corrected chi connectivity index (χ3v) is 4.47. The first-order chi connectivity index (χ1) is 10.8. The first-order valence-electron chi connectivity index (χ1n) is 7.77. The van der Waals surface area contributed by atoms with Crippen LogP contribution in [0.1, 0.15) is 18.6 Å². The van der Waals surface area contributed by atoms with Crippen LogP contribution >= 0.6 is 0 Å². The van der Waals surface area contributed by atoms with Gasteiger partial charge in [-0.2, -0.15) is 0 Å². The molecule has 2 aromatic rings. The summed E-state index contributed by atoms with van der Waals surface area (Å²) < 4.78 is 17.5. The standard InChI is InChI=1S/C17H20N2O3/c1-3-14(10-18-6-1)22-16-9-17(21-12-16)5-7-19(13-17)11-15-4-2-8-20-15/h1-4,6,8,10,16H,5,7,9,11-13H2/t16-,17-/m0/s1. The van der Waals surface area contributed by atoms with E-state index in [1.165, 1.54) is 0 Å². The molecule has 22 heavy (non-hydrogen) atoms. The zero-order chi connectivity index (χ0) is 14.8. The van der Waals surface area contributed by atoms with Crippen molar-refractivity contribution in [3.05, 3.63) is 48.7 Å². The molecule has 0 amide bonds. The molecule has 4 rings (SSSR count). The number of ether oxygens (including phenoxy) is 2. The third kappa shape index (κ3) is 2.87. The molecule has 2 aliphatic heterocycles. The normalized spacial score (nSPS) is 28.5. The summed E-state index contributed by atoms with van der Waals surface area (Å²) in [5.74, 6) is 1.83. The zero-order valence-electron chi connectivity index (χ0n) is 12.5. The molecule has 2 saturated heterocycles. The SMILES string of the molecule is c1cncc(O[C@@H]2CO[C@@]3(CCN(Cc4ccco4)C3)C2)c1. The molecular weight excluding hydrogens is 280 g/mol. The Bertz CT molecular complexity index is 602. The summed E-state index contributed by atoms with van der Waals surface area (Å²) in [6.07, 6.45) is 7.35. The van der Waals surface area contributed by atoms with Crippen molar-refractivity contribution < 1.29 is 13.9 Å². The van der Waals surface area contributed by atoms with E-state index in [2.05, 4.69) is 9.88 Å². The molecule has 4 heterocycles. The molecule has 5 heteroatoms. The van der Waals surface area contributed by atoms with Crippen molar-refractivity contribution in [1.82, 2.24) is 9.88 Å². The number of pyridine rings is 1. The van der Waals surface area contributed by atoms with Gasteiger partial charge >= 0.3 is 0 Å². The van der Waals surface area contributed by atoms with Crippen molar-refractivity contribution in [2.45, 2.75) is 31.1 Å². The maximum atomic E-state index is 6.12. The molecule has 0 bridgehead atoms. The number of likely N-dealkylation sites (tertiary alicyclic amines) is 1. The van der Waals surface area contributed by atoms with Crippen LogP contribution in [0.2, 0.25) is 0 Å². The van der Waals surface area contributed by atoms with Crippen LogP contribution in [-0.4, -0.2) is 41.3 Å². The molecule has 1 spiro atoms. The second-order valence-electron chi connectivity index (χ2n) is 6.17. The molecule has 0 aromatic carbocycles. The topological polar surface area (TPSA) is 47.7 Å². The number of furan rings is 1. The summed E-state index contributed by atoms with van der Waals surface area (Å²) >= 11 is 0. The van der Waals surface area contributed by atoms with Gasteiger partial charge in [0.1, 0.15) is 17.6 Å². The Morgan fingerprint density at radius 3 is 3.18 bits per heavy atom. The van der Waals surface area contributed by atoms with Crippen LogP contribution in [-0.2, 0) is 11.3 Å². The Balaban J connectivity index is 1.34. The Labute approximate surface area is 129 Å². The summed E-state index contributed by atoms with van der Waals surface area (Å²) in [5.41, 5.74) is -0.0561. The first-order valence-corrected chi connectivity index (χ1v) is 7.77. The van der Waals surface area contributed by atoms with Gasteiger partial charge in [-0.05, 0) is 30.7 Å². The van der Waals surface area contributed by atoms with E-state index in [4.69, 9.17) is 13.9 Å². The van der Waals surface area contributed by atoms with Gasteiger partial charge in [0.15, 0.2) is 0 Å². The molecular formula is C17H20N2O3. The minimum atomic E-state index is -0.0561. The molecule has 2 atom stereocenters. The highest BCUT2D eigenvalue weighted by atomic mass is 16.6. The Morgan fingerprint density at radius 2 is 2.36 bits per heavy atom. The summed E-state index contributed by atoms with van der Waals surface area (Å²) in [6.45, 7) is 3.50. The van der Waals surface area contributed by atoms with Gasteiger partial charge in [0.25, 0.3) is 0 Å². The van der Waals surface area contributed by atoms with Crippen LogP contribution in [0, 0.1) is 0 Å². The number of aromatic nitrogens is 1. The smallest absolute Gasteiger partial charge is 0.138 e. The van der Waals surface area contributed by atoms with E-state index >= 15 is 0 Å². The monoisotopic (exact) mass is 300 g/mol. The van der Waals surface area contributed by atoms with E-state index < -0.39 is 0 Å². The van der Waals surface area contributed by atoms with Crippen molar-refractivity contribution in [3.8, 4) is 5.75 Å². The number of nitrogens with zero attached hydrogens (tertiary/aromatic N) is 2. The number of hydrogen-bond acceptors (Lipinski definition) is 5. The predicted molar refractivity (Wildman–Crippen MR) is 80.6 cm³/mol. The van der Waals surface area contributed by atoms with Crippen LogP contribution in [0.5, 0.6) is 5.75 Å².